The summed E-state index contributed by atoms with van der Waals surface area (Å²) < 4.78 is 16.8. The maximum Gasteiger partial charge on any atom is 0.306 e. The molecule has 1 unspecified atom stereocenters. The van der Waals surface area contributed by atoms with Gasteiger partial charge >= 0.3 is 17.9 Å². The highest BCUT2D eigenvalue weighted by atomic mass is 16.6. The molecular weight excluding hydrogens is 793 g/mol. The largest absolute Gasteiger partial charge is 0.462 e. The van der Waals surface area contributed by atoms with E-state index in [9.17, 15) is 14.4 Å². The van der Waals surface area contributed by atoms with Gasteiger partial charge in [-0.15, -0.1) is 0 Å². The molecule has 0 aliphatic rings. The lowest BCUT2D eigenvalue weighted by Gasteiger charge is -2.18. The number of ether oxygens (including phenoxy) is 3. The highest BCUT2D eigenvalue weighted by molar-refractivity contribution is 5.71. The fourth-order valence-corrected chi connectivity index (χ4v) is 7.26. The minimum Gasteiger partial charge on any atom is -0.462 e. The standard InChI is InChI=1S/C58H98O6/c1-4-7-10-13-16-19-22-25-28-29-31-33-36-39-42-45-48-51-57(60)63-54-55(53-62-56(59)50-47-44-41-38-35-32-27-24-21-18-15-12-9-6-3)64-58(61)52-49-46-43-40-37-34-30-26-23-20-17-14-11-8-5-2/h8,11,14,16-17,19-20,23,25-26,28,30,34,37,55H,4-7,9-10,12-13,15,18,21-22,24,27,29,31-33,35-36,38-54H2,1-3H3/b11-8-,17-14-,19-16-,23-20-,28-25-,30-26-,37-34-. The summed E-state index contributed by atoms with van der Waals surface area (Å²) in [5, 5.41) is 0. The number of rotatable bonds is 47. The van der Waals surface area contributed by atoms with Crippen molar-refractivity contribution in [3.8, 4) is 0 Å². The Bertz CT molecular complexity index is 1250. The van der Waals surface area contributed by atoms with E-state index in [2.05, 4.69) is 57.2 Å². The average Bonchev–Trinajstić information content (AvgIpc) is 3.29. The molecular formula is C58H98O6. The quantitative estimate of drug-likeness (QED) is 0.0199. The number of hydrogen-bond donors (Lipinski definition) is 0. The third-order valence-corrected chi connectivity index (χ3v) is 11.3. The summed E-state index contributed by atoms with van der Waals surface area (Å²) in [6.07, 6.45) is 67.0. The van der Waals surface area contributed by atoms with Crippen molar-refractivity contribution in [1.29, 1.82) is 0 Å². The molecule has 0 fully saturated rings. The van der Waals surface area contributed by atoms with Crippen LogP contribution in [0.5, 0.6) is 0 Å². The predicted molar refractivity (Wildman–Crippen MR) is 274 cm³/mol. The monoisotopic (exact) mass is 891 g/mol. The van der Waals surface area contributed by atoms with E-state index < -0.39 is 6.10 Å². The van der Waals surface area contributed by atoms with Crippen LogP contribution in [-0.4, -0.2) is 37.2 Å². The molecule has 0 aromatic heterocycles. The van der Waals surface area contributed by atoms with Crippen LogP contribution in [0.1, 0.15) is 245 Å². The zero-order valence-electron chi connectivity index (χ0n) is 41.8. The highest BCUT2D eigenvalue weighted by Crippen LogP contribution is 2.15. The molecule has 0 radical (unpaired) electrons. The molecule has 6 nitrogen and oxygen atoms in total. The Labute approximate surface area is 395 Å². The van der Waals surface area contributed by atoms with Gasteiger partial charge in [-0.2, -0.15) is 0 Å². The summed E-state index contributed by atoms with van der Waals surface area (Å²) in [5.41, 5.74) is 0. The molecule has 1 atom stereocenters. The smallest absolute Gasteiger partial charge is 0.306 e. The zero-order chi connectivity index (χ0) is 46.5. The molecule has 0 N–H and O–H groups in total. The van der Waals surface area contributed by atoms with Gasteiger partial charge in [0.2, 0.25) is 0 Å². The predicted octanol–water partition coefficient (Wildman–Crippen LogP) is 17.6. The molecule has 0 heterocycles. The van der Waals surface area contributed by atoms with Crippen LogP contribution >= 0.6 is 0 Å². The van der Waals surface area contributed by atoms with E-state index >= 15 is 0 Å². The van der Waals surface area contributed by atoms with Crippen molar-refractivity contribution in [3.05, 3.63) is 85.1 Å². The second kappa shape index (κ2) is 52.2. The van der Waals surface area contributed by atoms with E-state index in [1.165, 1.54) is 122 Å². The molecule has 0 aromatic carbocycles. The fraction of sp³-hybridized carbons (Fsp3) is 0.707. The topological polar surface area (TPSA) is 78.9 Å². The summed E-state index contributed by atoms with van der Waals surface area (Å²) in [7, 11) is 0. The van der Waals surface area contributed by atoms with Crippen molar-refractivity contribution in [3.63, 3.8) is 0 Å². The van der Waals surface area contributed by atoms with Crippen LogP contribution in [0.4, 0.5) is 0 Å². The van der Waals surface area contributed by atoms with Gasteiger partial charge in [-0.3, -0.25) is 14.4 Å². The molecule has 0 aliphatic carbocycles. The van der Waals surface area contributed by atoms with Crippen molar-refractivity contribution in [2.24, 2.45) is 0 Å². The molecule has 64 heavy (non-hydrogen) atoms. The number of carbonyl (C=O) groups excluding carboxylic acids is 3. The van der Waals surface area contributed by atoms with Crippen LogP contribution in [0.15, 0.2) is 85.1 Å². The third-order valence-electron chi connectivity index (χ3n) is 11.3. The minimum absolute atomic E-state index is 0.0951. The average molecular weight is 891 g/mol. The SMILES string of the molecule is CC\C=C/C=C\C=C/C=C\C=C/CCCCCC(=O)OC(COC(=O)CCCCCCCCC/C=C\C/C=C\CCCCC)COC(=O)CCCCCCCCCCCCCCCC. The van der Waals surface area contributed by atoms with Crippen molar-refractivity contribution < 1.29 is 28.6 Å². The van der Waals surface area contributed by atoms with Crippen molar-refractivity contribution in [2.75, 3.05) is 13.2 Å². The van der Waals surface area contributed by atoms with Crippen molar-refractivity contribution in [1.82, 2.24) is 0 Å². The fourth-order valence-electron chi connectivity index (χ4n) is 7.26. The number of unbranched alkanes of at least 4 members (excludes halogenated alkanes) is 26. The van der Waals surface area contributed by atoms with Gasteiger partial charge in [-0.05, 0) is 70.6 Å². The number of hydrogen-bond acceptors (Lipinski definition) is 6. The Morgan fingerprint density at radius 1 is 0.344 bits per heavy atom. The first-order chi connectivity index (χ1) is 31.5. The highest BCUT2D eigenvalue weighted by Gasteiger charge is 2.19. The first-order valence-electron chi connectivity index (χ1n) is 26.7. The van der Waals surface area contributed by atoms with Gasteiger partial charge in [0.15, 0.2) is 6.10 Å². The van der Waals surface area contributed by atoms with E-state index in [1.54, 1.807) is 0 Å². The van der Waals surface area contributed by atoms with Crippen molar-refractivity contribution in [2.45, 2.75) is 252 Å². The van der Waals surface area contributed by atoms with E-state index in [0.29, 0.717) is 19.3 Å². The van der Waals surface area contributed by atoms with E-state index in [1.807, 2.05) is 48.6 Å². The molecule has 366 valence electrons. The van der Waals surface area contributed by atoms with Gasteiger partial charge in [0, 0.05) is 19.3 Å². The van der Waals surface area contributed by atoms with Gasteiger partial charge in [0.1, 0.15) is 13.2 Å². The van der Waals surface area contributed by atoms with Crippen LogP contribution < -0.4 is 0 Å². The van der Waals surface area contributed by atoms with E-state index in [4.69, 9.17) is 14.2 Å². The van der Waals surface area contributed by atoms with E-state index in [0.717, 1.165) is 77.0 Å². The first kappa shape index (κ1) is 60.6. The normalized spacial score (nSPS) is 12.7. The molecule has 0 rings (SSSR count). The molecule has 0 saturated carbocycles. The maximum atomic E-state index is 12.8. The van der Waals surface area contributed by atoms with Crippen LogP contribution in [0.2, 0.25) is 0 Å². The Hall–Kier alpha value is -3.41. The lowest BCUT2D eigenvalue weighted by atomic mass is 10.0. The van der Waals surface area contributed by atoms with Crippen LogP contribution in [0, 0.1) is 0 Å². The summed E-state index contributed by atoms with van der Waals surface area (Å²) >= 11 is 0. The Morgan fingerprint density at radius 3 is 1.12 bits per heavy atom. The molecule has 0 bridgehead atoms. The second-order valence-corrected chi connectivity index (χ2v) is 17.5. The van der Waals surface area contributed by atoms with E-state index in [-0.39, 0.29) is 37.5 Å². The first-order valence-corrected chi connectivity index (χ1v) is 26.7. The minimum atomic E-state index is -0.800. The third kappa shape index (κ3) is 49.6. The Balaban J connectivity index is 4.46. The van der Waals surface area contributed by atoms with Gasteiger partial charge in [0.05, 0.1) is 0 Å². The second-order valence-electron chi connectivity index (χ2n) is 17.5. The Morgan fingerprint density at radius 2 is 0.672 bits per heavy atom. The van der Waals surface area contributed by atoms with Crippen LogP contribution in [0.25, 0.3) is 0 Å². The maximum absolute atomic E-state index is 12.8. The molecule has 6 heteroatoms. The zero-order valence-corrected chi connectivity index (χ0v) is 41.8. The summed E-state index contributed by atoms with van der Waals surface area (Å²) in [4.78, 5) is 38.0. The molecule has 0 spiro atoms. The Kier molecular flexibility index (Phi) is 49.4. The summed E-state index contributed by atoms with van der Waals surface area (Å²) in [6.45, 7) is 6.43. The van der Waals surface area contributed by atoms with Crippen LogP contribution in [0.3, 0.4) is 0 Å². The molecule has 0 aliphatic heterocycles. The van der Waals surface area contributed by atoms with Gasteiger partial charge in [-0.25, -0.2) is 0 Å². The molecule has 0 aromatic rings. The number of carbonyl (C=O) groups is 3. The summed E-state index contributed by atoms with van der Waals surface area (Å²) in [5.74, 6) is -0.942. The number of esters is 3. The molecule has 0 amide bonds. The lowest BCUT2D eigenvalue weighted by molar-refractivity contribution is -0.167. The van der Waals surface area contributed by atoms with Gasteiger partial charge in [0.25, 0.3) is 0 Å². The molecule has 0 saturated heterocycles. The van der Waals surface area contributed by atoms with Crippen molar-refractivity contribution >= 4 is 17.9 Å². The van der Waals surface area contributed by atoms with Gasteiger partial charge < -0.3 is 14.2 Å². The lowest BCUT2D eigenvalue weighted by Crippen LogP contribution is -2.30. The summed E-state index contributed by atoms with van der Waals surface area (Å²) in [6, 6.07) is 0. The number of allylic oxidation sites excluding steroid dienone is 14. The van der Waals surface area contributed by atoms with Crippen LogP contribution in [-0.2, 0) is 28.6 Å². The van der Waals surface area contributed by atoms with Gasteiger partial charge in [-0.1, -0.05) is 241 Å².